The zero-order chi connectivity index (χ0) is 14.7. The molecular formula is C15H19ClN2O2. The molecule has 0 amide bonds. The summed E-state index contributed by atoms with van der Waals surface area (Å²) in [7, 11) is 1.79. The Bertz CT molecular complexity index is 578. The average molecular weight is 295 g/mol. The summed E-state index contributed by atoms with van der Waals surface area (Å²) >= 11 is 6.18. The van der Waals surface area contributed by atoms with Gasteiger partial charge >= 0.3 is 0 Å². The lowest BCUT2D eigenvalue weighted by atomic mass is 10.0. The van der Waals surface area contributed by atoms with Crippen LogP contribution in [0.15, 0.2) is 24.3 Å². The fourth-order valence-electron chi connectivity index (χ4n) is 2.17. The van der Waals surface area contributed by atoms with Crippen LogP contribution < -0.4 is 4.74 Å². The number of aromatic nitrogens is 2. The predicted octanol–water partition coefficient (Wildman–Crippen LogP) is 3.06. The topological polar surface area (TPSA) is 47.3 Å². The summed E-state index contributed by atoms with van der Waals surface area (Å²) in [6, 6.07) is 7.46. The van der Waals surface area contributed by atoms with E-state index < -0.39 is 6.10 Å². The van der Waals surface area contributed by atoms with Gasteiger partial charge in [0, 0.05) is 19.0 Å². The zero-order valence-electron chi connectivity index (χ0n) is 11.9. The van der Waals surface area contributed by atoms with Gasteiger partial charge < -0.3 is 9.84 Å². The molecule has 1 unspecified atom stereocenters. The van der Waals surface area contributed by atoms with E-state index in [0.717, 1.165) is 22.6 Å². The van der Waals surface area contributed by atoms with Crippen molar-refractivity contribution in [2.75, 3.05) is 6.61 Å². The zero-order valence-corrected chi connectivity index (χ0v) is 12.7. The molecule has 1 aromatic heterocycles. The molecule has 1 N–H and O–H groups in total. The Balaban J connectivity index is 2.13. The highest BCUT2D eigenvalue weighted by Crippen LogP contribution is 2.26. The minimum Gasteiger partial charge on any atom is -0.494 e. The summed E-state index contributed by atoms with van der Waals surface area (Å²) in [6.45, 7) is 4.47. The Labute approximate surface area is 123 Å². The third-order valence-corrected chi connectivity index (χ3v) is 3.72. The van der Waals surface area contributed by atoms with Crippen molar-refractivity contribution in [3.63, 3.8) is 0 Å². The maximum Gasteiger partial charge on any atom is 0.130 e. The first-order valence-electron chi connectivity index (χ1n) is 6.61. The molecule has 4 nitrogen and oxygen atoms in total. The van der Waals surface area contributed by atoms with Gasteiger partial charge in [0.15, 0.2) is 0 Å². The first-order chi connectivity index (χ1) is 9.52. The Hall–Kier alpha value is -1.52. The summed E-state index contributed by atoms with van der Waals surface area (Å²) in [5, 5.41) is 15.1. The Morgan fingerprint density at radius 2 is 2.00 bits per heavy atom. The van der Waals surface area contributed by atoms with Crippen molar-refractivity contribution >= 4 is 11.6 Å². The van der Waals surface area contributed by atoms with E-state index in [-0.39, 0.29) is 0 Å². The van der Waals surface area contributed by atoms with Gasteiger partial charge in [-0.3, -0.25) is 4.68 Å². The molecule has 1 heterocycles. The van der Waals surface area contributed by atoms with Gasteiger partial charge in [0.1, 0.15) is 10.9 Å². The summed E-state index contributed by atoms with van der Waals surface area (Å²) in [4.78, 5) is 0. The van der Waals surface area contributed by atoms with Crippen LogP contribution in [0, 0.1) is 6.92 Å². The number of hydrogen-bond acceptors (Lipinski definition) is 3. The van der Waals surface area contributed by atoms with Crippen LogP contribution in [0.1, 0.15) is 29.8 Å². The van der Waals surface area contributed by atoms with Crippen molar-refractivity contribution in [2.24, 2.45) is 7.05 Å². The van der Waals surface area contributed by atoms with Crippen molar-refractivity contribution in [1.29, 1.82) is 0 Å². The van der Waals surface area contributed by atoms with Crippen LogP contribution in [0.2, 0.25) is 5.15 Å². The first kappa shape index (κ1) is 14.9. The number of rotatable bonds is 5. The number of aliphatic hydroxyl groups is 1. The van der Waals surface area contributed by atoms with Gasteiger partial charge in [-0.2, -0.15) is 5.10 Å². The first-order valence-corrected chi connectivity index (χ1v) is 6.99. The monoisotopic (exact) mass is 294 g/mol. The number of aryl methyl sites for hydroxylation is 2. The second-order valence-corrected chi connectivity index (χ2v) is 5.06. The fourth-order valence-corrected chi connectivity index (χ4v) is 2.42. The Morgan fingerprint density at radius 3 is 2.50 bits per heavy atom. The summed E-state index contributed by atoms with van der Waals surface area (Å²) < 4.78 is 7.01. The highest BCUT2D eigenvalue weighted by Gasteiger charge is 2.16. The number of halogens is 1. The third kappa shape index (κ3) is 3.14. The number of aliphatic hydroxyl groups excluding tert-OH is 1. The molecule has 0 aliphatic carbocycles. The summed E-state index contributed by atoms with van der Waals surface area (Å²) in [5.74, 6) is 0.805. The highest BCUT2D eigenvalue weighted by atomic mass is 35.5. The van der Waals surface area contributed by atoms with Crippen molar-refractivity contribution in [2.45, 2.75) is 26.4 Å². The van der Waals surface area contributed by atoms with Crippen molar-refractivity contribution in [3.05, 3.63) is 46.2 Å². The molecule has 0 radical (unpaired) electrons. The van der Waals surface area contributed by atoms with Gasteiger partial charge in [0.05, 0.1) is 18.4 Å². The van der Waals surface area contributed by atoms with Gasteiger partial charge in [-0.1, -0.05) is 23.7 Å². The smallest absolute Gasteiger partial charge is 0.130 e. The minimum absolute atomic E-state index is 0.451. The van der Waals surface area contributed by atoms with E-state index in [4.69, 9.17) is 16.3 Å². The number of hydrogen-bond donors (Lipinski definition) is 1. The summed E-state index contributed by atoms with van der Waals surface area (Å²) in [6.07, 6.45) is -0.155. The lowest BCUT2D eigenvalue weighted by Crippen LogP contribution is -2.03. The van der Waals surface area contributed by atoms with E-state index in [1.807, 2.05) is 38.1 Å². The highest BCUT2D eigenvalue weighted by molar-refractivity contribution is 6.30. The molecule has 2 rings (SSSR count). The second kappa shape index (κ2) is 6.29. The maximum absolute atomic E-state index is 10.3. The van der Waals surface area contributed by atoms with E-state index in [0.29, 0.717) is 18.2 Å². The molecule has 108 valence electrons. The summed E-state index contributed by atoms with van der Waals surface area (Å²) in [5.41, 5.74) is 2.57. The van der Waals surface area contributed by atoms with Gasteiger partial charge in [-0.05, 0) is 31.5 Å². The molecule has 1 aromatic carbocycles. The van der Waals surface area contributed by atoms with Gasteiger partial charge in [0.25, 0.3) is 0 Å². The van der Waals surface area contributed by atoms with E-state index in [2.05, 4.69) is 5.10 Å². The number of benzene rings is 1. The maximum atomic E-state index is 10.3. The van der Waals surface area contributed by atoms with Crippen LogP contribution in [-0.4, -0.2) is 21.5 Å². The van der Waals surface area contributed by atoms with Crippen molar-refractivity contribution in [3.8, 4) is 5.75 Å². The third-order valence-electron chi connectivity index (χ3n) is 3.24. The molecule has 1 atom stereocenters. The average Bonchev–Trinajstić information content (AvgIpc) is 2.66. The molecule has 0 saturated heterocycles. The number of nitrogens with zero attached hydrogens (tertiary/aromatic N) is 2. The van der Waals surface area contributed by atoms with Gasteiger partial charge in [0.2, 0.25) is 0 Å². The molecule has 2 aromatic rings. The van der Waals surface area contributed by atoms with Crippen LogP contribution in [0.3, 0.4) is 0 Å². The minimum atomic E-state index is -0.605. The van der Waals surface area contributed by atoms with Gasteiger partial charge in [-0.25, -0.2) is 0 Å². The predicted molar refractivity (Wildman–Crippen MR) is 79.2 cm³/mol. The van der Waals surface area contributed by atoms with Crippen LogP contribution in [-0.2, 0) is 13.5 Å². The van der Waals surface area contributed by atoms with Gasteiger partial charge in [-0.15, -0.1) is 0 Å². The Morgan fingerprint density at radius 1 is 1.35 bits per heavy atom. The standard InChI is InChI=1S/C15H19ClN2O2/c1-4-20-12-7-5-11(6-8-12)14(19)9-13-10(2)17-18(3)15(13)16/h5-8,14,19H,4,9H2,1-3H3. The van der Waals surface area contributed by atoms with Crippen molar-refractivity contribution < 1.29 is 9.84 Å². The fraction of sp³-hybridized carbons (Fsp3) is 0.400. The van der Waals surface area contributed by atoms with E-state index in [1.54, 1.807) is 11.7 Å². The van der Waals surface area contributed by atoms with E-state index in [1.165, 1.54) is 0 Å². The molecule has 0 fully saturated rings. The van der Waals surface area contributed by atoms with Crippen LogP contribution in [0.4, 0.5) is 0 Å². The molecule has 0 aliphatic rings. The molecule has 20 heavy (non-hydrogen) atoms. The van der Waals surface area contributed by atoms with E-state index >= 15 is 0 Å². The molecule has 0 aliphatic heterocycles. The second-order valence-electron chi connectivity index (χ2n) is 4.70. The SMILES string of the molecule is CCOc1ccc(C(O)Cc2c(C)nn(C)c2Cl)cc1. The van der Waals surface area contributed by atoms with Crippen LogP contribution in [0.25, 0.3) is 0 Å². The lowest BCUT2D eigenvalue weighted by Gasteiger charge is -2.12. The molecule has 0 spiro atoms. The lowest BCUT2D eigenvalue weighted by molar-refractivity contribution is 0.178. The van der Waals surface area contributed by atoms with Crippen LogP contribution in [0.5, 0.6) is 5.75 Å². The molecular weight excluding hydrogens is 276 g/mol. The molecule has 0 bridgehead atoms. The largest absolute Gasteiger partial charge is 0.494 e. The van der Waals surface area contributed by atoms with Crippen molar-refractivity contribution in [1.82, 2.24) is 9.78 Å². The van der Waals surface area contributed by atoms with Crippen LogP contribution >= 0.6 is 11.6 Å². The molecule has 0 saturated carbocycles. The molecule has 5 heteroatoms. The van der Waals surface area contributed by atoms with E-state index in [9.17, 15) is 5.11 Å². The quantitative estimate of drug-likeness (QED) is 0.922. The normalized spacial score (nSPS) is 12.4. The number of ether oxygens (including phenoxy) is 1. The Kier molecular flexibility index (Phi) is 4.68.